The largest absolute Gasteiger partial charge is 0.493 e. The lowest BCUT2D eigenvalue weighted by molar-refractivity contribution is 0.222. The molecule has 0 saturated heterocycles. The van der Waals surface area contributed by atoms with Crippen LogP contribution in [-0.4, -0.2) is 44.3 Å². The molecule has 0 saturated carbocycles. The molecular formula is C25H36N2O2. The van der Waals surface area contributed by atoms with Gasteiger partial charge in [0, 0.05) is 13.1 Å². The van der Waals surface area contributed by atoms with Crippen molar-refractivity contribution < 1.29 is 9.47 Å². The second-order valence-electron chi connectivity index (χ2n) is 8.15. The number of hydrogen-bond acceptors (Lipinski definition) is 4. The molecule has 4 nitrogen and oxygen atoms in total. The molecule has 0 fully saturated rings. The lowest BCUT2D eigenvalue weighted by atomic mass is 9.89. The van der Waals surface area contributed by atoms with E-state index in [4.69, 9.17) is 9.47 Å². The summed E-state index contributed by atoms with van der Waals surface area (Å²) in [6.45, 7) is 14.3. The third kappa shape index (κ3) is 5.97. The highest BCUT2D eigenvalue weighted by atomic mass is 16.5. The zero-order valence-electron chi connectivity index (χ0n) is 18.4. The minimum absolute atomic E-state index is 0.200. The Balaban J connectivity index is 1.70. The maximum absolute atomic E-state index is 6.04. The van der Waals surface area contributed by atoms with Crippen LogP contribution in [0.4, 0.5) is 0 Å². The zero-order chi connectivity index (χ0) is 20.6. The second-order valence-corrected chi connectivity index (χ2v) is 8.15. The van der Waals surface area contributed by atoms with E-state index in [2.05, 4.69) is 74.3 Å². The van der Waals surface area contributed by atoms with Gasteiger partial charge in [0.05, 0.1) is 12.6 Å². The summed E-state index contributed by atoms with van der Waals surface area (Å²) in [4.78, 5) is 2.38. The summed E-state index contributed by atoms with van der Waals surface area (Å²) < 4.78 is 12.0. The van der Waals surface area contributed by atoms with E-state index in [9.17, 15) is 0 Å². The fraction of sp³-hybridized carbons (Fsp3) is 0.520. The third-order valence-corrected chi connectivity index (χ3v) is 5.51. The van der Waals surface area contributed by atoms with E-state index in [-0.39, 0.29) is 6.04 Å². The quantitative estimate of drug-likeness (QED) is 0.632. The average molecular weight is 397 g/mol. The normalized spacial score (nSPS) is 16.1. The van der Waals surface area contributed by atoms with Crippen molar-refractivity contribution in [1.29, 1.82) is 0 Å². The highest BCUT2D eigenvalue weighted by Crippen LogP contribution is 2.32. The fourth-order valence-electron chi connectivity index (χ4n) is 3.81. The van der Waals surface area contributed by atoms with Gasteiger partial charge in [0.25, 0.3) is 0 Å². The highest BCUT2D eigenvalue weighted by molar-refractivity contribution is 5.45. The van der Waals surface area contributed by atoms with Gasteiger partial charge in [0.2, 0.25) is 0 Å². The Morgan fingerprint density at radius 2 is 1.83 bits per heavy atom. The first-order valence-corrected chi connectivity index (χ1v) is 11.0. The van der Waals surface area contributed by atoms with Crippen LogP contribution in [0.25, 0.3) is 0 Å². The van der Waals surface area contributed by atoms with Crippen molar-refractivity contribution in [3.05, 3.63) is 59.2 Å². The van der Waals surface area contributed by atoms with Crippen molar-refractivity contribution in [3.8, 4) is 11.5 Å². The molecular weight excluding hydrogens is 360 g/mol. The topological polar surface area (TPSA) is 33.7 Å². The van der Waals surface area contributed by atoms with Crippen molar-refractivity contribution in [2.24, 2.45) is 5.92 Å². The summed E-state index contributed by atoms with van der Waals surface area (Å²) >= 11 is 0. The predicted molar refractivity (Wildman–Crippen MR) is 120 cm³/mol. The van der Waals surface area contributed by atoms with Crippen molar-refractivity contribution in [3.63, 3.8) is 0 Å². The summed E-state index contributed by atoms with van der Waals surface area (Å²) in [5, 5.41) is 3.67. The van der Waals surface area contributed by atoms with E-state index in [1.165, 1.54) is 16.7 Å². The van der Waals surface area contributed by atoms with Crippen molar-refractivity contribution in [2.75, 3.05) is 39.4 Å². The molecule has 0 bridgehead atoms. The molecule has 2 aromatic carbocycles. The molecule has 0 radical (unpaired) electrons. The predicted octanol–water partition coefficient (Wildman–Crippen LogP) is 4.68. The number of rotatable bonds is 10. The molecule has 4 heteroatoms. The first-order valence-electron chi connectivity index (χ1n) is 11.0. The van der Waals surface area contributed by atoms with E-state index in [0.717, 1.165) is 57.3 Å². The van der Waals surface area contributed by atoms with E-state index >= 15 is 0 Å². The number of ether oxygens (including phenoxy) is 2. The van der Waals surface area contributed by atoms with Gasteiger partial charge in [-0.25, -0.2) is 0 Å². The monoisotopic (exact) mass is 396 g/mol. The Morgan fingerprint density at radius 1 is 1.03 bits per heavy atom. The molecule has 29 heavy (non-hydrogen) atoms. The lowest BCUT2D eigenvalue weighted by Crippen LogP contribution is -2.30. The van der Waals surface area contributed by atoms with Gasteiger partial charge in [0.1, 0.15) is 18.1 Å². The summed E-state index contributed by atoms with van der Waals surface area (Å²) in [6.07, 6.45) is 1.03. The molecule has 0 aliphatic carbocycles. The van der Waals surface area contributed by atoms with Crippen LogP contribution in [0.3, 0.4) is 0 Å². The van der Waals surface area contributed by atoms with Gasteiger partial charge in [-0.05, 0) is 66.4 Å². The van der Waals surface area contributed by atoms with Crippen LogP contribution in [0.1, 0.15) is 50.4 Å². The minimum atomic E-state index is 0.200. The molecule has 1 atom stereocenters. The van der Waals surface area contributed by atoms with Gasteiger partial charge in [-0.3, -0.25) is 0 Å². The lowest BCUT2D eigenvalue weighted by Gasteiger charge is -2.28. The van der Waals surface area contributed by atoms with Gasteiger partial charge in [-0.1, -0.05) is 45.9 Å². The molecule has 158 valence electrons. The molecule has 1 heterocycles. The van der Waals surface area contributed by atoms with Crippen LogP contribution >= 0.6 is 0 Å². The van der Waals surface area contributed by atoms with Crippen LogP contribution in [-0.2, 0) is 6.42 Å². The van der Waals surface area contributed by atoms with Crippen LogP contribution < -0.4 is 14.8 Å². The number of likely N-dealkylation sites (N-methyl/N-ethyl adjacent to an activating group) is 1. The van der Waals surface area contributed by atoms with Gasteiger partial charge in [-0.15, -0.1) is 0 Å². The van der Waals surface area contributed by atoms with E-state index < -0.39 is 0 Å². The molecule has 1 N–H and O–H groups in total. The first-order chi connectivity index (χ1) is 14.1. The highest BCUT2D eigenvalue weighted by Gasteiger charge is 2.22. The Hall–Kier alpha value is -2.04. The molecule has 2 aromatic rings. The fourth-order valence-corrected chi connectivity index (χ4v) is 3.81. The maximum atomic E-state index is 6.04. The van der Waals surface area contributed by atoms with Crippen molar-refractivity contribution in [2.45, 2.75) is 40.2 Å². The summed E-state index contributed by atoms with van der Waals surface area (Å²) in [7, 11) is 0. The summed E-state index contributed by atoms with van der Waals surface area (Å²) in [5.74, 6) is 2.44. The average Bonchev–Trinajstić information content (AvgIpc) is 2.75. The maximum Gasteiger partial charge on any atom is 0.119 e. The third-order valence-electron chi connectivity index (χ3n) is 5.51. The number of fused-ring (bicyclic) bond motifs is 1. The smallest absolute Gasteiger partial charge is 0.119 e. The first kappa shape index (κ1) is 21.7. The van der Waals surface area contributed by atoms with E-state index in [1.807, 2.05) is 6.07 Å². The molecule has 1 aliphatic rings. The molecule has 0 amide bonds. The SMILES string of the molecule is CCN(CC)CCOc1ccc2c(c1)CCNC2c1cccc(OCC(C)C)c1. The van der Waals surface area contributed by atoms with Crippen LogP contribution in [0.2, 0.25) is 0 Å². The summed E-state index contributed by atoms with van der Waals surface area (Å²) in [6, 6.07) is 15.2. The Bertz CT molecular complexity index is 771. The number of nitrogens with one attached hydrogen (secondary N) is 1. The van der Waals surface area contributed by atoms with Crippen molar-refractivity contribution >= 4 is 0 Å². The zero-order valence-corrected chi connectivity index (χ0v) is 18.4. The van der Waals surface area contributed by atoms with Crippen LogP contribution in [0.5, 0.6) is 11.5 Å². The van der Waals surface area contributed by atoms with Crippen LogP contribution in [0, 0.1) is 5.92 Å². The van der Waals surface area contributed by atoms with Gasteiger partial charge >= 0.3 is 0 Å². The molecule has 1 aliphatic heterocycles. The summed E-state index contributed by atoms with van der Waals surface area (Å²) in [5.41, 5.74) is 3.97. The Labute approximate surface area is 176 Å². The molecule has 0 aromatic heterocycles. The van der Waals surface area contributed by atoms with Gasteiger partial charge in [-0.2, -0.15) is 0 Å². The standard InChI is InChI=1S/C25H36N2O2/c1-5-27(6-2)14-15-28-23-10-11-24-20(16-23)12-13-26-25(24)21-8-7-9-22(17-21)29-18-19(3)4/h7-11,16-17,19,25-26H,5-6,12-15,18H2,1-4H3. The van der Waals surface area contributed by atoms with Crippen molar-refractivity contribution in [1.82, 2.24) is 10.2 Å². The molecule has 1 unspecified atom stereocenters. The number of benzene rings is 2. The number of nitrogens with zero attached hydrogens (tertiary/aromatic N) is 1. The molecule has 0 spiro atoms. The minimum Gasteiger partial charge on any atom is -0.493 e. The number of hydrogen-bond donors (Lipinski definition) is 1. The Kier molecular flexibility index (Phi) is 7.96. The van der Waals surface area contributed by atoms with Gasteiger partial charge < -0.3 is 19.7 Å². The van der Waals surface area contributed by atoms with Crippen LogP contribution in [0.15, 0.2) is 42.5 Å². The molecule has 3 rings (SSSR count). The van der Waals surface area contributed by atoms with E-state index in [0.29, 0.717) is 5.92 Å². The Morgan fingerprint density at radius 3 is 2.59 bits per heavy atom. The van der Waals surface area contributed by atoms with E-state index in [1.54, 1.807) is 0 Å². The van der Waals surface area contributed by atoms with Gasteiger partial charge in [0.15, 0.2) is 0 Å². The second kappa shape index (κ2) is 10.7.